The van der Waals surface area contributed by atoms with E-state index in [-0.39, 0.29) is 0 Å². The predicted octanol–water partition coefficient (Wildman–Crippen LogP) is 20.2. The largest absolute Gasteiger partial charge is 0.315 e. The van der Waals surface area contributed by atoms with Gasteiger partial charge in [-0.15, -0.1) is 0 Å². The van der Waals surface area contributed by atoms with E-state index in [4.69, 9.17) is 0 Å². The van der Waals surface area contributed by atoms with Crippen molar-refractivity contribution in [2.45, 2.75) is 12.3 Å². The zero-order valence-corrected chi connectivity index (χ0v) is 43.4. The average Bonchev–Trinajstić information content (AvgIpc) is 3.51. The van der Waals surface area contributed by atoms with Gasteiger partial charge in [-0.1, -0.05) is 176 Å². The molecule has 2 aliphatic carbocycles. The zero-order valence-electron chi connectivity index (χ0n) is 43.4. The molecule has 4 nitrogen and oxygen atoms in total. The van der Waals surface area contributed by atoms with Crippen molar-refractivity contribution < 1.29 is 0 Å². The average molecular weight is 1000 g/mol. The summed E-state index contributed by atoms with van der Waals surface area (Å²) in [6.45, 7) is 6.16. The van der Waals surface area contributed by atoms with Crippen molar-refractivity contribution in [3.8, 4) is 22.3 Å². The van der Waals surface area contributed by atoms with Crippen molar-refractivity contribution in [2.75, 3.05) is 19.6 Å². The highest BCUT2D eigenvalue weighted by molar-refractivity contribution is 5.99. The van der Waals surface area contributed by atoms with E-state index in [1.165, 1.54) is 44.5 Å². The number of nitrogens with zero attached hydrogens (tertiary/aromatic N) is 4. The Labute approximate surface area is 458 Å². The van der Waals surface area contributed by atoms with Gasteiger partial charge in [0.25, 0.3) is 0 Å². The second-order valence-electron chi connectivity index (χ2n) is 19.8. The van der Waals surface area contributed by atoms with Crippen LogP contribution in [0.1, 0.15) is 29.2 Å². The molecule has 0 unspecified atom stereocenters. The minimum absolute atomic E-state index is 0.826. The van der Waals surface area contributed by atoms with Gasteiger partial charge in [0.2, 0.25) is 0 Å². The van der Waals surface area contributed by atoms with Gasteiger partial charge in [0.1, 0.15) is 0 Å². The van der Waals surface area contributed by atoms with Gasteiger partial charge < -0.3 is 19.6 Å². The molecule has 0 N–H and O–H groups in total. The lowest BCUT2D eigenvalue weighted by Gasteiger charge is -2.35. The standard InChI is InChI=1S/C74H56N4/c1-3-4-12-27-54(2)75(55-28-13-5-14-29-55)62-42-46-66-67-47-43-63(76(56-30-15-6-16-31-56)57-32-17-7-18-33-57)51-71(67)74(70(66)50-62)72-52-64(77(58-34-19-8-20-35-58)59-36-21-9-22-37-59)44-48-68(72)69-49-45-65(53-73(69)74)78(60-38-23-10-24-39-60)61-40-25-11-26-41-61/h3-53H,1H2,2H3/b12-4-,54-27+. The third-order valence-electron chi connectivity index (χ3n) is 15.3. The molecular weight excluding hydrogens is 945 g/mol. The molecule has 0 amide bonds. The van der Waals surface area contributed by atoms with Gasteiger partial charge in [-0.3, -0.25) is 0 Å². The summed E-state index contributed by atoms with van der Waals surface area (Å²) in [6.07, 6.45) is 8.04. The second-order valence-corrected chi connectivity index (χ2v) is 19.8. The van der Waals surface area contributed by atoms with E-state index >= 15 is 0 Å². The molecule has 372 valence electrons. The number of anilines is 11. The number of hydrogen-bond acceptors (Lipinski definition) is 4. The Bertz CT molecular complexity index is 3600. The van der Waals surface area contributed by atoms with Crippen molar-refractivity contribution in [3.05, 3.63) is 344 Å². The Kier molecular flexibility index (Phi) is 12.5. The van der Waals surface area contributed by atoms with Crippen LogP contribution in [0.15, 0.2) is 322 Å². The van der Waals surface area contributed by atoms with Crippen LogP contribution in [-0.4, -0.2) is 0 Å². The highest BCUT2D eigenvalue weighted by atomic mass is 15.2. The van der Waals surface area contributed by atoms with Crippen LogP contribution in [0.4, 0.5) is 62.6 Å². The van der Waals surface area contributed by atoms with E-state index < -0.39 is 5.41 Å². The van der Waals surface area contributed by atoms with Gasteiger partial charge in [-0.05, 0) is 191 Å². The van der Waals surface area contributed by atoms with E-state index in [9.17, 15) is 0 Å². The number of benzene rings is 11. The lowest BCUT2D eigenvalue weighted by molar-refractivity contribution is 0.793. The lowest BCUT2D eigenvalue weighted by atomic mass is 9.70. The molecule has 11 aromatic carbocycles. The van der Waals surface area contributed by atoms with Gasteiger partial charge in [0, 0.05) is 68.3 Å². The first kappa shape index (κ1) is 47.5. The van der Waals surface area contributed by atoms with Crippen LogP contribution < -0.4 is 19.6 Å². The third-order valence-corrected chi connectivity index (χ3v) is 15.3. The van der Waals surface area contributed by atoms with E-state index in [0.717, 1.165) is 68.3 Å². The minimum atomic E-state index is -0.826. The summed E-state index contributed by atoms with van der Waals surface area (Å²) in [5.41, 5.74) is 21.8. The Hall–Kier alpha value is -10.2. The first-order valence-corrected chi connectivity index (χ1v) is 26.7. The van der Waals surface area contributed by atoms with E-state index in [0.29, 0.717) is 0 Å². The van der Waals surface area contributed by atoms with Crippen LogP contribution in [0.25, 0.3) is 22.3 Å². The quantitative estimate of drug-likeness (QED) is 0.101. The highest BCUT2D eigenvalue weighted by Gasteiger charge is 2.53. The van der Waals surface area contributed by atoms with Gasteiger partial charge >= 0.3 is 0 Å². The minimum Gasteiger partial charge on any atom is -0.315 e. The summed E-state index contributed by atoms with van der Waals surface area (Å²) in [7, 11) is 0. The summed E-state index contributed by atoms with van der Waals surface area (Å²) >= 11 is 0. The maximum Gasteiger partial charge on any atom is 0.0728 e. The molecule has 0 atom stereocenters. The van der Waals surface area contributed by atoms with E-state index in [2.05, 4.69) is 330 Å². The van der Waals surface area contributed by atoms with Gasteiger partial charge in [0.15, 0.2) is 0 Å². The maximum absolute atomic E-state index is 3.97. The molecule has 1 spiro atoms. The van der Waals surface area contributed by atoms with Crippen LogP contribution in [-0.2, 0) is 5.41 Å². The van der Waals surface area contributed by atoms with Crippen molar-refractivity contribution in [1.29, 1.82) is 0 Å². The van der Waals surface area contributed by atoms with Crippen molar-refractivity contribution in [2.24, 2.45) is 0 Å². The molecule has 0 saturated heterocycles. The SMILES string of the molecule is C=C/C=C\C=C(/C)N(c1ccccc1)c1ccc2c(c1)C1(c3cc(N(c4ccccc4)c4ccccc4)ccc3-2)c2cc(N(c3ccccc3)c3ccccc3)ccc2-c2ccc(N(c3ccccc3)c3ccccc3)cc21. The summed E-state index contributed by atoms with van der Waals surface area (Å²) in [4.78, 5) is 9.57. The normalized spacial score (nSPS) is 12.6. The van der Waals surface area contributed by atoms with Crippen LogP contribution in [0.5, 0.6) is 0 Å². The number of allylic oxidation sites excluding steroid dienone is 5. The highest BCUT2D eigenvalue weighted by Crippen LogP contribution is 2.65. The van der Waals surface area contributed by atoms with Crippen LogP contribution in [0, 0.1) is 0 Å². The Morgan fingerprint density at radius 2 is 0.551 bits per heavy atom. The molecule has 4 heteroatoms. The Balaban J connectivity index is 1.15. The van der Waals surface area contributed by atoms with Crippen LogP contribution in [0.3, 0.4) is 0 Å². The van der Waals surface area contributed by atoms with Gasteiger partial charge in [-0.25, -0.2) is 0 Å². The van der Waals surface area contributed by atoms with Crippen molar-refractivity contribution in [1.82, 2.24) is 0 Å². The number of hydrogen-bond donors (Lipinski definition) is 0. The first-order valence-electron chi connectivity index (χ1n) is 26.7. The Morgan fingerprint density at radius 1 is 0.295 bits per heavy atom. The topological polar surface area (TPSA) is 13.0 Å². The molecule has 2 aliphatic rings. The monoisotopic (exact) mass is 1000 g/mol. The second kappa shape index (κ2) is 20.5. The zero-order chi connectivity index (χ0) is 52.4. The van der Waals surface area contributed by atoms with Crippen molar-refractivity contribution >= 4 is 62.6 Å². The molecule has 11 aromatic rings. The number of fused-ring (bicyclic) bond motifs is 10. The molecule has 0 radical (unpaired) electrons. The smallest absolute Gasteiger partial charge is 0.0728 e. The maximum atomic E-state index is 3.97. The molecule has 0 fully saturated rings. The fourth-order valence-corrected chi connectivity index (χ4v) is 12.0. The van der Waals surface area contributed by atoms with Gasteiger partial charge in [0.05, 0.1) is 5.41 Å². The molecule has 0 aliphatic heterocycles. The molecule has 13 rings (SSSR count). The third kappa shape index (κ3) is 8.28. The Morgan fingerprint density at radius 3 is 0.833 bits per heavy atom. The number of para-hydroxylation sites is 7. The summed E-state index contributed by atoms with van der Waals surface area (Å²) in [5, 5.41) is 0. The molecule has 78 heavy (non-hydrogen) atoms. The molecular formula is C74H56N4. The first-order chi connectivity index (χ1) is 38.6. The predicted molar refractivity (Wildman–Crippen MR) is 328 cm³/mol. The van der Waals surface area contributed by atoms with Gasteiger partial charge in [-0.2, -0.15) is 0 Å². The number of rotatable bonds is 14. The fraction of sp³-hybridized carbons (Fsp3) is 0.0270. The summed E-state index contributed by atoms with van der Waals surface area (Å²) < 4.78 is 0. The lowest BCUT2D eigenvalue weighted by Crippen LogP contribution is -2.27. The van der Waals surface area contributed by atoms with E-state index in [1.54, 1.807) is 0 Å². The van der Waals surface area contributed by atoms with Crippen LogP contribution in [0.2, 0.25) is 0 Å². The van der Waals surface area contributed by atoms with Crippen molar-refractivity contribution in [3.63, 3.8) is 0 Å². The fourth-order valence-electron chi connectivity index (χ4n) is 12.0. The molecule has 0 heterocycles. The molecule has 0 aromatic heterocycles. The van der Waals surface area contributed by atoms with E-state index in [1.807, 2.05) is 12.2 Å². The summed E-state index contributed by atoms with van der Waals surface area (Å²) in [6, 6.07) is 104. The molecule has 0 saturated carbocycles. The molecule has 0 bridgehead atoms. The van der Waals surface area contributed by atoms with Crippen LogP contribution >= 0.6 is 0 Å². The summed E-state index contributed by atoms with van der Waals surface area (Å²) in [5.74, 6) is 0.